The smallest absolute Gasteiger partial charge is 0.408 e. The summed E-state index contributed by atoms with van der Waals surface area (Å²) in [6.07, 6.45) is 9.45. The predicted octanol–water partition coefficient (Wildman–Crippen LogP) is 4.99. The standard InChI is InChI=1S/C41H53N5O8S/c1-24(2)32-33-35(47)43-41(37(49)44-55(52,53)39(4)20-21-39)22-26(41)12-8-6-5-7-9-15-31(46(38(50)51)27-16-17-27)36(48)45(33)23-40(32)19-18-29-28-13-10-11-14-30(28)42-25(3)34(29)54-40/h8,10-14,24,26-27,31-33H,5-7,9,15-23H2,1-4H3,(H,43,47)(H,44,49)(H,50,51)/b12-8-/t26-,31+,32?,33+,40+,41-/m1/s1. The topological polar surface area (TPSA) is 175 Å². The number of amides is 4. The van der Waals surface area contributed by atoms with Crippen LogP contribution >= 0.6 is 0 Å². The molecule has 3 aliphatic heterocycles. The van der Waals surface area contributed by atoms with Crippen LogP contribution in [-0.2, 0) is 30.8 Å². The Balaban J connectivity index is 1.22. The molecule has 3 N–H and O–H groups in total. The highest BCUT2D eigenvalue weighted by Crippen LogP contribution is 2.52. The van der Waals surface area contributed by atoms with E-state index in [1.807, 2.05) is 57.2 Å². The highest BCUT2D eigenvalue weighted by molar-refractivity contribution is 7.91. The maximum Gasteiger partial charge on any atom is 0.408 e. The number of pyridine rings is 1. The van der Waals surface area contributed by atoms with Crippen LogP contribution in [0.25, 0.3) is 10.9 Å². The lowest BCUT2D eigenvalue weighted by atomic mass is 9.73. The quantitative estimate of drug-likeness (QED) is 0.342. The Bertz CT molecular complexity index is 2080. The van der Waals surface area contributed by atoms with Gasteiger partial charge in [0.15, 0.2) is 0 Å². The Morgan fingerprint density at radius 3 is 2.53 bits per heavy atom. The van der Waals surface area contributed by atoms with Gasteiger partial charge in [-0.2, -0.15) is 0 Å². The van der Waals surface area contributed by atoms with Crippen LogP contribution in [0.1, 0.15) is 103 Å². The van der Waals surface area contributed by atoms with Gasteiger partial charge in [0.1, 0.15) is 29.0 Å². The van der Waals surface area contributed by atoms with Gasteiger partial charge in [0.25, 0.3) is 5.91 Å². The lowest BCUT2D eigenvalue weighted by Crippen LogP contribution is -2.60. The van der Waals surface area contributed by atoms with Crippen molar-refractivity contribution >= 4 is 44.7 Å². The van der Waals surface area contributed by atoms with Crippen molar-refractivity contribution in [2.75, 3.05) is 6.54 Å². The summed E-state index contributed by atoms with van der Waals surface area (Å²) in [7, 11) is -4.00. The van der Waals surface area contributed by atoms with Gasteiger partial charge in [0.05, 0.1) is 22.5 Å². The molecule has 1 aromatic carbocycles. The van der Waals surface area contributed by atoms with Crippen molar-refractivity contribution in [1.82, 2.24) is 24.8 Å². The molecule has 0 bridgehead atoms. The van der Waals surface area contributed by atoms with E-state index in [0.717, 1.165) is 29.3 Å². The number of aromatic nitrogens is 1. The molecule has 13 nitrogen and oxygen atoms in total. The van der Waals surface area contributed by atoms with Crippen molar-refractivity contribution in [3.8, 4) is 5.75 Å². The average molecular weight is 776 g/mol. The van der Waals surface area contributed by atoms with Gasteiger partial charge < -0.3 is 20.1 Å². The van der Waals surface area contributed by atoms with Crippen LogP contribution in [-0.4, -0.2) is 92.7 Å². The minimum atomic E-state index is -4.00. The zero-order valence-corrected chi connectivity index (χ0v) is 33.0. The number of benzene rings is 1. The fourth-order valence-corrected chi connectivity index (χ4v) is 11.1. The maximum absolute atomic E-state index is 15.2. The minimum absolute atomic E-state index is 0.0440. The Labute approximate surface area is 322 Å². The molecule has 1 saturated heterocycles. The molecule has 1 spiro atoms. The normalized spacial score (nSPS) is 32.3. The molecule has 6 aliphatic rings. The number of carboxylic acid groups (broad SMARTS) is 1. The summed E-state index contributed by atoms with van der Waals surface area (Å²) in [5.41, 5.74) is 0.0256. The fraction of sp³-hybridized carbons (Fsp3) is 0.634. The Hall–Kier alpha value is -4.20. The largest absolute Gasteiger partial charge is 0.483 e. The molecule has 0 radical (unpaired) electrons. The molecule has 4 amide bonds. The van der Waals surface area contributed by atoms with Crippen molar-refractivity contribution in [2.45, 2.75) is 139 Å². The monoisotopic (exact) mass is 775 g/mol. The molecule has 6 atom stereocenters. The molecule has 8 rings (SSSR count). The zero-order chi connectivity index (χ0) is 39.1. The number of hydrogen-bond donors (Lipinski definition) is 3. The van der Waals surface area contributed by atoms with Crippen LogP contribution in [0.3, 0.4) is 0 Å². The van der Waals surface area contributed by atoms with Crippen LogP contribution in [0.2, 0.25) is 0 Å². The lowest BCUT2D eigenvalue weighted by molar-refractivity contribution is -0.144. The van der Waals surface area contributed by atoms with Crippen LogP contribution in [0.5, 0.6) is 5.75 Å². The summed E-state index contributed by atoms with van der Waals surface area (Å²) in [4.78, 5) is 65.0. The molecular weight excluding hydrogens is 723 g/mol. The summed E-state index contributed by atoms with van der Waals surface area (Å²) in [6.45, 7) is 7.54. The third-order valence-electron chi connectivity index (χ3n) is 13.3. The number of aryl methyl sites for hydroxylation is 2. The van der Waals surface area contributed by atoms with E-state index in [0.29, 0.717) is 69.2 Å². The summed E-state index contributed by atoms with van der Waals surface area (Å²) >= 11 is 0. The van der Waals surface area contributed by atoms with Crippen molar-refractivity contribution in [3.63, 3.8) is 0 Å². The third-order valence-corrected chi connectivity index (χ3v) is 15.5. The lowest BCUT2D eigenvalue weighted by Gasteiger charge is -2.42. The van der Waals surface area contributed by atoms with Crippen LogP contribution in [0.4, 0.5) is 4.79 Å². The van der Waals surface area contributed by atoms with E-state index < -0.39 is 73.6 Å². The van der Waals surface area contributed by atoms with E-state index >= 15 is 9.59 Å². The van der Waals surface area contributed by atoms with Gasteiger partial charge in [-0.1, -0.05) is 57.0 Å². The Morgan fingerprint density at radius 2 is 1.84 bits per heavy atom. The van der Waals surface area contributed by atoms with Gasteiger partial charge in [-0.15, -0.1) is 0 Å². The molecule has 3 saturated carbocycles. The van der Waals surface area contributed by atoms with E-state index in [1.54, 1.807) is 6.92 Å². The fourth-order valence-electron chi connectivity index (χ4n) is 9.75. The van der Waals surface area contributed by atoms with E-state index in [-0.39, 0.29) is 24.9 Å². The SMILES string of the molecule is Cc1nc2ccccc2c2c1O[C@@]1(CC2)CN2C(=O)[C@@H](N(C(=O)O)C3CC3)CCCCC/C=C\[C@@H]3C[C@@]3(C(=O)NS(=O)(=O)C3(C)CC3)NC(=O)[C@@H]2C1C(C)C. The number of carbonyl (C=O) groups is 4. The number of nitrogens with one attached hydrogen (secondary N) is 2. The number of nitrogens with zero attached hydrogens (tertiary/aromatic N) is 3. The van der Waals surface area contributed by atoms with Gasteiger partial charge in [-0.05, 0) is 90.0 Å². The average Bonchev–Trinajstić information content (AvgIpc) is 4.07. The first-order valence-corrected chi connectivity index (χ1v) is 21.5. The number of sulfonamides is 1. The van der Waals surface area contributed by atoms with Crippen molar-refractivity contribution in [1.29, 1.82) is 0 Å². The molecule has 4 fully saturated rings. The second-order valence-electron chi connectivity index (χ2n) is 17.5. The number of rotatable bonds is 6. The first-order valence-electron chi connectivity index (χ1n) is 20.1. The van der Waals surface area contributed by atoms with Crippen molar-refractivity contribution in [2.24, 2.45) is 17.8 Å². The second-order valence-corrected chi connectivity index (χ2v) is 19.7. The third kappa shape index (κ3) is 6.45. The molecule has 1 unspecified atom stereocenters. The van der Waals surface area contributed by atoms with Crippen molar-refractivity contribution < 1.29 is 37.4 Å². The van der Waals surface area contributed by atoms with Crippen LogP contribution in [0, 0.1) is 24.7 Å². The Morgan fingerprint density at radius 1 is 1.09 bits per heavy atom. The molecule has 4 heterocycles. The number of ether oxygens (including phenoxy) is 1. The van der Waals surface area contributed by atoms with E-state index in [1.165, 1.54) is 9.80 Å². The minimum Gasteiger partial charge on any atom is -0.483 e. The molecular formula is C41H53N5O8S. The summed E-state index contributed by atoms with van der Waals surface area (Å²) in [5, 5.41) is 14.5. The van der Waals surface area contributed by atoms with Crippen LogP contribution < -0.4 is 14.8 Å². The molecule has 2 aromatic rings. The molecule has 14 heteroatoms. The first kappa shape index (κ1) is 37.7. The zero-order valence-electron chi connectivity index (χ0n) is 32.2. The van der Waals surface area contributed by atoms with E-state index in [9.17, 15) is 23.1 Å². The summed E-state index contributed by atoms with van der Waals surface area (Å²) < 4.78 is 35.0. The van der Waals surface area contributed by atoms with E-state index in [4.69, 9.17) is 9.72 Å². The van der Waals surface area contributed by atoms with Crippen LogP contribution in [0.15, 0.2) is 36.4 Å². The van der Waals surface area contributed by atoms with E-state index in [2.05, 4.69) is 10.0 Å². The number of carbonyl (C=O) groups excluding carboxylic acids is 3. The molecule has 3 aliphatic carbocycles. The summed E-state index contributed by atoms with van der Waals surface area (Å²) in [6, 6.07) is 5.51. The number of hydrogen-bond acceptors (Lipinski definition) is 8. The Kier molecular flexibility index (Phi) is 9.24. The summed E-state index contributed by atoms with van der Waals surface area (Å²) in [5.74, 6) is -2.36. The second kappa shape index (κ2) is 13.5. The maximum atomic E-state index is 15.2. The molecule has 1 aromatic heterocycles. The number of allylic oxidation sites excluding steroid dienone is 1. The van der Waals surface area contributed by atoms with Gasteiger partial charge in [0.2, 0.25) is 21.8 Å². The highest BCUT2D eigenvalue weighted by Gasteiger charge is 2.66. The van der Waals surface area contributed by atoms with Gasteiger partial charge in [0, 0.05) is 28.8 Å². The highest BCUT2D eigenvalue weighted by atomic mass is 32.2. The predicted molar refractivity (Wildman–Crippen MR) is 205 cm³/mol. The van der Waals surface area contributed by atoms with Crippen molar-refractivity contribution in [3.05, 3.63) is 47.7 Å². The van der Waals surface area contributed by atoms with Gasteiger partial charge in [-0.25, -0.2) is 18.2 Å². The number of fused-ring (bicyclic) bond motifs is 5. The molecule has 55 heavy (non-hydrogen) atoms. The molecule has 296 valence electrons. The van der Waals surface area contributed by atoms with Gasteiger partial charge in [-0.3, -0.25) is 24.0 Å². The number of para-hydroxylation sites is 1. The first-order chi connectivity index (χ1) is 26.1. The van der Waals surface area contributed by atoms with Gasteiger partial charge >= 0.3 is 6.09 Å².